The summed E-state index contributed by atoms with van der Waals surface area (Å²) < 4.78 is 11.1. The summed E-state index contributed by atoms with van der Waals surface area (Å²) in [6.07, 6.45) is 3.33. The third kappa shape index (κ3) is 2.96. The lowest BCUT2D eigenvalue weighted by atomic mass is 10.2. The molecule has 5 heteroatoms. The van der Waals surface area contributed by atoms with Crippen molar-refractivity contribution in [2.24, 2.45) is 0 Å². The maximum Gasteiger partial charge on any atom is 0.156 e. The first-order chi connectivity index (χ1) is 8.20. The van der Waals surface area contributed by atoms with Gasteiger partial charge in [0.05, 0.1) is 29.8 Å². The topological polar surface area (TPSA) is 34.4 Å². The van der Waals surface area contributed by atoms with Gasteiger partial charge in [-0.15, -0.1) is 0 Å². The van der Waals surface area contributed by atoms with Crippen LogP contribution < -0.4 is 10.1 Å². The Bertz CT molecular complexity index is 499. The summed E-state index contributed by atoms with van der Waals surface area (Å²) >= 11 is 9.40. The molecule has 0 radical (unpaired) electrons. The fourth-order valence-electron chi connectivity index (χ4n) is 1.49. The number of hydrogen-bond donors (Lipinski definition) is 1. The normalized spacial score (nSPS) is 10.3. The molecule has 0 aliphatic carbocycles. The highest BCUT2D eigenvalue weighted by Crippen LogP contribution is 2.36. The highest BCUT2D eigenvalue weighted by Gasteiger charge is 2.09. The van der Waals surface area contributed by atoms with Gasteiger partial charge in [0.2, 0.25) is 0 Å². The highest BCUT2D eigenvalue weighted by atomic mass is 79.9. The molecule has 1 aromatic heterocycles. The molecule has 0 atom stereocenters. The molecule has 0 saturated carbocycles. The number of nitrogens with one attached hydrogen (secondary N) is 1. The molecular formula is C12H11BrClNO2. The molecule has 0 spiro atoms. The molecule has 2 rings (SSSR count). The van der Waals surface area contributed by atoms with Crippen molar-refractivity contribution in [1.82, 2.24) is 0 Å². The first-order valence-electron chi connectivity index (χ1n) is 4.98. The van der Waals surface area contributed by atoms with Crippen LogP contribution in [0.5, 0.6) is 5.75 Å². The smallest absolute Gasteiger partial charge is 0.156 e. The summed E-state index contributed by atoms with van der Waals surface area (Å²) in [5, 5.41) is 3.89. The second-order valence-corrected chi connectivity index (χ2v) is 4.74. The molecule has 3 nitrogen and oxygen atoms in total. The van der Waals surface area contributed by atoms with Gasteiger partial charge >= 0.3 is 0 Å². The molecule has 0 fully saturated rings. The lowest BCUT2D eigenvalue weighted by Crippen LogP contribution is -2.01. The van der Waals surface area contributed by atoms with E-state index in [4.69, 9.17) is 20.8 Å². The Morgan fingerprint density at radius 1 is 1.47 bits per heavy atom. The largest absolute Gasteiger partial charge is 0.493 e. The molecular weight excluding hydrogens is 305 g/mol. The van der Waals surface area contributed by atoms with Crippen molar-refractivity contribution in [1.29, 1.82) is 0 Å². The van der Waals surface area contributed by atoms with Crippen LogP contribution in [0.4, 0.5) is 5.69 Å². The van der Waals surface area contributed by atoms with Crippen molar-refractivity contribution < 1.29 is 9.15 Å². The molecule has 0 bridgehead atoms. The summed E-state index contributed by atoms with van der Waals surface area (Å²) in [7, 11) is 1.62. The zero-order chi connectivity index (χ0) is 12.3. The Kier molecular flexibility index (Phi) is 3.97. The molecule has 0 saturated heterocycles. The van der Waals surface area contributed by atoms with E-state index in [-0.39, 0.29) is 0 Å². The minimum Gasteiger partial charge on any atom is -0.493 e. The van der Waals surface area contributed by atoms with Crippen molar-refractivity contribution in [3.63, 3.8) is 0 Å². The summed E-state index contributed by atoms with van der Waals surface area (Å²) in [5.74, 6) is 0.734. The van der Waals surface area contributed by atoms with Gasteiger partial charge < -0.3 is 14.5 Å². The monoisotopic (exact) mass is 315 g/mol. The number of benzene rings is 1. The number of anilines is 1. The standard InChI is InChI=1S/C12H11BrClNO2/c1-16-12-10(13)4-9(14)5-11(12)15-6-8-2-3-17-7-8/h2-5,7,15H,6H2,1H3. The Morgan fingerprint density at radius 3 is 2.94 bits per heavy atom. The molecule has 90 valence electrons. The van der Waals surface area contributed by atoms with Crippen LogP contribution in [-0.4, -0.2) is 7.11 Å². The molecule has 2 aromatic rings. The van der Waals surface area contributed by atoms with E-state index in [2.05, 4.69) is 21.2 Å². The number of halogens is 2. The maximum atomic E-state index is 6.00. The van der Waals surface area contributed by atoms with Gasteiger partial charge in [-0.25, -0.2) is 0 Å². The number of furan rings is 1. The van der Waals surface area contributed by atoms with Crippen LogP contribution >= 0.6 is 27.5 Å². The maximum absolute atomic E-state index is 6.00. The first-order valence-corrected chi connectivity index (χ1v) is 6.16. The molecule has 17 heavy (non-hydrogen) atoms. The van der Waals surface area contributed by atoms with Gasteiger partial charge in [-0.05, 0) is 34.1 Å². The fourth-order valence-corrected chi connectivity index (χ4v) is 2.46. The van der Waals surface area contributed by atoms with Gasteiger partial charge in [-0.3, -0.25) is 0 Å². The van der Waals surface area contributed by atoms with Gasteiger partial charge in [0, 0.05) is 17.1 Å². The number of methoxy groups -OCH3 is 1. The molecule has 0 amide bonds. The highest BCUT2D eigenvalue weighted by molar-refractivity contribution is 9.10. The summed E-state index contributed by atoms with van der Waals surface area (Å²) in [6.45, 7) is 0.652. The van der Waals surface area contributed by atoms with E-state index in [0.717, 1.165) is 21.5 Å². The van der Waals surface area contributed by atoms with E-state index in [1.807, 2.05) is 12.1 Å². The van der Waals surface area contributed by atoms with Crippen molar-refractivity contribution in [3.8, 4) is 5.75 Å². The van der Waals surface area contributed by atoms with Crippen molar-refractivity contribution >= 4 is 33.2 Å². The molecule has 0 aliphatic rings. The van der Waals surface area contributed by atoms with E-state index in [1.165, 1.54) is 0 Å². The quantitative estimate of drug-likeness (QED) is 0.912. The van der Waals surface area contributed by atoms with Gasteiger partial charge in [0.15, 0.2) is 5.75 Å². The van der Waals surface area contributed by atoms with Crippen LogP contribution in [0, 0.1) is 0 Å². The predicted molar refractivity (Wildman–Crippen MR) is 71.7 cm³/mol. The first kappa shape index (κ1) is 12.3. The minimum absolute atomic E-state index is 0.646. The lowest BCUT2D eigenvalue weighted by Gasteiger charge is -2.12. The van der Waals surface area contributed by atoms with Crippen molar-refractivity contribution in [2.75, 3.05) is 12.4 Å². The molecule has 1 aromatic carbocycles. The number of ether oxygens (including phenoxy) is 1. The van der Waals surface area contributed by atoms with Crippen LogP contribution in [0.2, 0.25) is 5.02 Å². The third-order valence-electron chi connectivity index (χ3n) is 2.28. The van der Waals surface area contributed by atoms with Gasteiger partial charge in [-0.2, -0.15) is 0 Å². The summed E-state index contributed by atoms with van der Waals surface area (Å²) in [4.78, 5) is 0. The summed E-state index contributed by atoms with van der Waals surface area (Å²) in [5.41, 5.74) is 1.90. The van der Waals surface area contributed by atoms with E-state index < -0.39 is 0 Å². The van der Waals surface area contributed by atoms with Crippen molar-refractivity contribution in [3.05, 3.63) is 45.8 Å². The predicted octanol–water partition coefficient (Wildman–Crippen LogP) is 4.32. The molecule has 1 N–H and O–H groups in total. The summed E-state index contributed by atoms with van der Waals surface area (Å²) in [6, 6.07) is 5.52. The molecule has 1 heterocycles. The van der Waals surface area contributed by atoms with Crippen LogP contribution in [-0.2, 0) is 6.54 Å². The molecule has 0 aliphatic heterocycles. The second kappa shape index (κ2) is 5.47. The Balaban J connectivity index is 2.19. The van der Waals surface area contributed by atoms with Crippen LogP contribution in [0.3, 0.4) is 0 Å². The zero-order valence-corrected chi connectivity index (χ0v) is 11.5. The second-order valence-electron chi connectivity index (χ2n) is 3.45. The Labute approximate surface area is 113 Å². The lowest BCUT2D eigenvalue weighted by molar-refractivity contribution is 0.414. The average Bonchev–Trinajstić information content (AvgIpc) is 2.78. The molecule has 0 unspecified atom stereocenters. The number of rotatable bonds is 4. The van der Waals surface area contributed by atoms with E-state index in [0.29, 0.717) is 11.6 Å². The average molecular weight is 317 g/mol. The Morgan fingerprint density at radius 2 is 2.29 bits per heavy atom. The van der Waals surface area contributed by atoms with Crippen molar-refractivity contribution in [2.45, 2.75) is 6.54 Å². The van der Waals surface area contributed by atoms with E-state index in [9.17, 15) is 0 Å². The van der Waals surface area contributed by atoms with E-state index >= 15 is 0 Å². The SMILES string of the molecule is COc1c(Br)cc(Cl)cc1NCc1ccoc1. The number of hydrogen-bond acceptors (Lipinski definition) is 3. The van der Waals surface area contributed by atoms with Gasteiger partial charge in [0.1, 0.15) is 0 Å². The fraction of sp³-hybridized carbons (Fsp3) is 0.167. The van der Waals surface area contributed by atoms with Crippen LogP contribution in [0.25, 0.3) is 0 Å². The Hall–Kier alpha value is -1.13. The van der Waals surface area contributed by atoms with Gasteiger partial charge in [0.25, 0.3) is 0 Å². The zero-order valence-electron chi connectivity index (χ0n) is 9.17. The van der Waals surface area contributed by atoms with Gasteiger partial charge in [-0.1, -0.05) is 11.6 Å². The minimum atomic E-state index is 0.646. The van der Waals surface area contributed by atoms with Crippen LogP contribution in [0.1, 0.15) is 5.56 Å². The third-order valence-corrected chi connectivity index (χ3v) is 3.08. The van der Waals surface area contributed by atoms with E-state index in [1.54, 1.807) is 25.7 Å². The van der Waals surface area contributed by atoms with Crippen LogP contribution in [0.15, 0.2) is 39.6 Å².